The number of allylic oxidation sites excluding steroid dienone is 3. The minimum Gasteiger partial charge on any atom is -0.262 e. The van der Waals surface area contributed by atoms with Crippen LogP contribution in [0.2, 0.25) is 0 Å². The van der Waals surface area contributed by atoms with Crippen LogP contribution in [0.5, 0.6) is 0 Å². The van der Waals surface area contributed by atoms with Gasteiger partial charge in [0.1, 0.15) is 0 Å². The first-order chi connectivity index (χ1) is 5.50. The molecule has 0 heterocycles. The standard InChI is InChI=1S/C11H17N/c1-7-12-10(6)11(8(2)3)9(4)5/h7H,1-2H2,3-6H3. The minimum atomic E-state index is 0.984. The Balaban J connectivity index is 5.04. The van der Waals surface area contributed by atoms with Crippen molar-refractivity contribution in [2.75, 3.05) is 0 Å². The lowest BCUT2D eigenvalue weighted by molar-refractivity contribution is 1.30. The Labute approximate surface area is 75.2 Å². The molecule has 0 saturated carbocycles. The Kier molecular flexibility index (Phi) is 4.27. The number of hydrogen-bond donors (Lipinski definition) is 0. The topological polar surface area (TPSA) is 12.4 Å². The minimum absolute atomic E-state index is 0.984. The molecule has 0 N–H and O–H groups in total. The highest BCUT2D eigenvalue weighted by molar-refractivity contribution is 6.02. The van der Waals surface area contributed by atoms with E-state index in [9.17, 15) is 0 Å². The number of hydrogen-bond acceptors (Lipinski definition) is 1. The summed E-state index contributed by atoms with van der Waals surface area (Å²) in [4.78, 5) is 4.13. The van der Waals surface area contributed by atoms with Gasteiger partial charge in [0.15, 0.2) is 0 Å². The molecular weight excluding hydrogens is 146 g/mol. The molecule has 0 aliphatic rings. The Morgan fingerprint density at radius 1 is 1.17 bits per heavy atom. The van der Waals surface area contributed by atoms with E-state index < -0.39 is 0 Å². The lowest BCUT2D eigenvalue weighted by atomic mass is 10.0. The normalized spacial score (nSPS) is 10.8. The van der Waals surface area contributed by atoms with Gasteiger partial charge in [0.25, 0.3) is 0 Å². The van der Waals surface area contributed by atoms with E-state index in [2.05, 4.69) is 32.0 Å². The van der Waals surface area contributed by atoms with Crippen LogP contribution >= 0.6 is 0 Å². The van der Waals surface area contributed by atoms with Crippen LogP contribution in [0.25, 0.3) is 0 Å². The first-order valence-electron chi connectivity index (χ1n) is 3.99. The molecule has 0 saturated heterocycles. The third-order valence-electron chi connectivity index (χ3n) is 1.57. The van der Waals surface area contributed by atoms with Crippen LogP contribution in [0, 0.1) is 0 Å². The summed E-state index contributed by atoms with van der Waals surface area (Å²) < 4.78 is 0. The maximum absolute atomic E-state index is 4.13. The summed E-state index contributed by atoms with van der Waals surface area (Å²) in [6, 6.07) is 0. The van der Waals surface area contributed by atoms with Crippen molar-refractivity contribution in [3.8, 4) is 0 Å². The molecule has 0 amide bonds. The molecule has 0 fully saturated rings. The van der Waals surface area contributed by atoms with Gasteiger partial charge < -0.3 is 0 Å². The van der Waals surface area contributed by atoms with Gasteiger partial charge in [0, 0.05) is 11.9 Å². The van der Waals surface area contributed by atoms with E-state index in [0.29, 0.717) is 0 Å². The molecule has 0 bridgehead atoms. The Hall–Kier alpha value is -1.11. The number of rotatable bonds is 3. The molecule has 0 aromatic rings. The number of nitrogens with zero attached hydrogens (tertiary/aromatic N) is 1. The Morgan fingerprint density at radius 3 is 1.92 bits per heavy atom. The summed E-state index contributed by atoms with van der Waals surface area (Å²) in [5, 5.41) is 0. The van der Waals surface area contributed by atoms with Gasteiger partial charge >= 0.3 is 0 Å². The molecule has 12 heavy (non-hydrogen) atoms. The smallest absolute Gasteiger partial charge is 0.0446 e. The second-order valence-corrected chi connectivity index (χ2v) is 3.05. The van der Waals surface area contributed by atoms with Crippen LogP contribution in [0.15, 0.2) is 41.1 Å². The molecule has 0 aliphatic carbocycles. The SMILES string of the molecule is C=CN=C(C)C(C(=C)C)=C(C)C. The van der Waals surface area contributed by atoms with Gasteiger partial charge in [-0.1, -0.05) is 18.7 Å². The van der Waals surface area contributed by atoms with Gasteiger partial charge in [0.05, 0.1) is 0 Å². The molecule has 0 aliphatic heterocycles. The lowest BCUT2D eigenvalue weighted by Gasteiger charge is -2.07. The molecular formula is C11H17N. The highest BCUT2D eigenvalue weighted by Crippen LogP contribution is 2.14. The molecule has 0 aromatic heterocycles. The van der Waals surface area contributed by atoms with E-state index in [0.717, 1.165) is 16.9 Å². The molecule has 1 heteroatoms. The lowest BCUT2D eigenvalue weighted by Crippen LogP contribution is -2.00. The van der Waals surface area contributed by atoms with Crippen molar-refractivity contribution in [2.45, 2.75) is 27.7 Å². The van der Waals surface area contributed by atoms with Crippen LogP contribution < -0.4 is 0 Å². The van der Waals surface area contributed by atoms with Gasteiger partial charge in [-0.05, 0) is 38.8 Å². The predicted octanol–water partition coefficient (Wildman–Crippen LogP) is 3.50. The van der Waals surface area contributed by atoms with Crippen LogP contribution in [-0.2, 0) is 0 Å². The van der Waals surface area contributed by atoms with Crippen molar-refractivity contribution < 1.29 is 0 Å². The van der Waals surface area contributed by atoms with E-state index >= 15 is 0 Å². The first kappa shape index (κ1) is 10.9. The average Bonchev–Trinajstić information content (AvgIpc) is 1.85. The fraction of sp³-hybridized carbons (Fsp3) is 0.364. The van der Waals surface area contributed by atoms with E-state index in [1.807, 2.05) is 13.8 Å². The van der Waals surface area contributed by atoms with Crippen LogP contribution in [-0.4, -0.2) is 5.71 Å². The zero-order chi connectivity index (χ0) is 9.72. The monoisotopic (exact) mass is 163 g/mol. The molecule has 66 valence electrons. The summed E-state index contributed by atoms with van der Waals surface area (Å²) in [6.07, 6.45) is 1.56. The van der Waals surface area contributed by atoms with E-state index in [1.165, 1.54) is 5.57 Å². The summed E-state index contributed by atoms with van der Waals surface area (Å²) in [5.41, 5.74) is 4.43. The van der Waals surface area contributed by atoms with Crippen molar-refractivity contribution in [3.05, 3.63) is 36.1 Å². The van der Waals surface area contributed by atoms with Gasteiger partial charge in [-0.2, -0.15) is 0 Å². The van der Waals surface area contributed by atoms with E-state index in [4.69, 9.17) is 0 Å². The largest absolute Gasteiger partial charge is 0.262 e. The van der Waals surface area contributed by atoms with Crippen molar-refractivity contribution in [3.63, 3.8) is 0 Å². The third-order valence-corrected chi connectivity index (χ3v) is 1.57. The molecule has 0 radical (unpaired) electrons. The van der Waals surface area contributed by atoms with Crippen molar-refractivity contribution in [1.82, 2.24) is 0 Å². The van der Waals surface area contributed by atoms with Crippen molar-refractivity contribution in [1.29, 1.82) is 0 Å². The van der Waals surface area contributed by atoms with Crippen LogP contribution in [0.1, 0.15) is 27.7 Å². The van der Waals surface area contributed by atoms with Gasteiger partial charge in [-0.15, -0.1) is 0 Å². The summed E-state index contributed by atoms with van der Waals surface area (Å²) in [6.45, 7) is 15.6. The fourth-order valence-electron chi connectivity index (χ4n) is 1.30. The Morgan fingerprint density at radius 2 is 1.67 bits per heavy atom. The van der Waals surface area contributed by atoms with Crippen LogP contribution in [0.3, 0.4) is 0 Å². The summed E-state index contributed by atoms with van der Waals surface area (Å²) in [5.74, 6) is 0. The second kappa shape index (κ2) is 4.70. The molecule has 0 rings (SSSR count). The highest BCUT2D eigenvalue weighted by atomic mass is 14.7. The maximum atomic E-state index is 4.13. The highest BCUT2D eigenvalue weighted by Gasteiger charge is 2.03. The second-order valence-electron chi connectivity index (χ2n) is 3.05. The maximum Gasteiger partial charge on any atom is 0.0446 e. The quantitative estimate of drug-likeness (QED) is 0.446. The number of aliphatic imine (C=N–C) groups is 1. The molecule has 0 unspecified atom stereocenters. The van der Waals surface area contributed by atoms with E-state index in [1.54, 1.807) is 6.20 Å². The predicted molar refractivity (Wildman–Crippen MR) is 56.5 cm³/mol. The van der Waals surface area contributed by atoms with Crippen molar-refractivity contribution >= 4 is 5.71 Å². The fourth-order valence-corrected chi connectivity index (χ4v) is 1.30. The molecule has 0 atom stereocenters. The van der Waals surface area contributed by atoms with Gasteiger partial charge in [-0.3, -0.25) is 4.99 Å². The first-order valence-corrected chi connectivity index (χ1v) is 3.99. The zero-order valence-corrected chi connectivity index (χ0v) is 8.44. The van der Waals surface area contributed by atoms with E-state index in [-0.39, 0.29) is 0 Å². The Bertz CT molecular complexity index is 250. The average molecular weight is 163 g/mol. The molecule has 0 spiro atoms. The van der Waals surface area contributed by atoms with Crippen molar-refractivity contribution in [2.24, 2.45) is 4.99 Å². The summed E-state index contributed by atoms with van der Waals surface area (Å²) in [7, 11) is 0. The zero-order valence-electron chi connectivity index (χ0n) is 8.44. The van der Waals surface area contributed by atoms with Gasteiger partial charge in [-0.25, -0.2) is 0 Å². The molecule has 0 aromatic carbocycles. The van der Waals surface area contributed by atoms with Gasteiger partial charge in [0.2, 0.25) is 0 Å². The molecule has 1 nitrogen and oxygen atoms in total. The third kappa shape index (κ3) is 2.87. The summed E-state index contributed by atoms with van der Waals surface area (Å²) >= 11 is 0. The van der Waals surface area contributed by atoms with Crippen LogP contribution in [0.4, 0.5) is 0 Å².